The number of rotatable bonds is 6. The van der Waals surface area contributed by atoms with Gasteiger partial charge in [0.25, 0.3) is 5.91 Å². The number of aromatic nitrogens is 2. The largest absolute Gasteiger partial charge is 0.489 e. The third kappa shape index (κ3) is 3.30. The van der Waals surface area contributed by atoms with Crippen LogP contribution in [-0.4, -0.2) is 30.0 Å². The van der Waals surface area contributed by atoms with E-state index in [-0.39, 0.29) is 12.5 Å². The summed E-state index contributed by atoms with van der Waals surface area (Å²) in [6.07, 6.45) is 1.68. The van der Waals surface area contributed by atoms with E-state index in [1.54, 1.807) is 20.4 Å². The van der Waals surface area contributed by atoms with Gasteiger partial charge in [0.1, 0.15) is 18.1 Å². The van der Waals surface area contributed by atoms with E-state index in [1.807, 2.05) is 48.5 Å². The minimum Gasteiger partial charge on any atom is -0.489 e. The van der Waals surface area contributed by atoms with Gasteiger partial charge in [0, 0.05) is 36.0 Å². The number of aromatic amines is 1. The van der Waals surface area contributed by atoms with Crippen molar-refractivity contribution in [3.63, 3.8) is 0 Å². The predicted molar refractivity (Wildman–Crippen MR) is 108 cm³/mol. The Kier molecular flexibility index (Phi) is 4.95. The van der Waals surface area contributed by atoms with Gasteiger partial charge in [-0.2, -0.15) is 0 Å². The van der Waals surface area contributed by atoms with Crippen LogP contribution in [0.2, 0.25) is 0 Å². The molecule has 0 aliphatic rings. The van der Waals surface area contributed by atoms with Gasteiger partial charge in [0.05, 0.1) is 18.3 Å². The van der Waals surface area contributed by atoms with E-state index in [9.17, 15) is 4.79 Å². The highest BCUT2D eigenvalue weighted by Crippen LogP contribution is 2.32. The summed E-state index contributed by atoms with van der Waals surface area (Å²) >= 11 is 0. The zero-order valence-corrected chi connectivity index (χ0v) is 15.8. The van der Waals surface area contributed by atoms with Crippen molar-refractivity contribution in [2.24, 2.45) is 0 Å². The molecule has 142 valence electrons. The second-order valence-electron chi connectivity index (χ2n) is 6.49. The van der Waals surface area contributed by atoms with Crippen LogP contribution in [0.25, 0.3) is 21.8 Å². The number of amides is 1. The summed E-state index contributed by atoms with van der Waals surface area (Å²) in [5.74, 6) is 0.527. The van der Waals surface area contributed by atoms with Crippen LogP contribution in [0.15, 0.2) is 54.7 Å². The number of nitrogens with zero attached hydrogens (tertiary/aromatic N) is 1. The van der Waals surface area contributed by atoms with Gasteiger partial charge in [-0.3, -0.25) is 4.79 Å². The second kappa shape index (κ2) is 7.70. The molecule has 28 heavy (non-hydrogen) atoms. The van der Waals surface area contributed by atoms with Crippen LogP contribution >= 0.6 is 0 Å². The van der Waals surface area contributed by atoms with E-state index in [2.05, 4.69) is 15.3 Å². The van der Waals surface area contributed by atoms with Gasteiger partial charge in [0.15, 0.2) is 0 Å². The number of benzene rings is 2. The molecule has 0 unspecified atom stereocenters. The normalized spacial score (nSPS) is 11.1. The Morgan fingerprint density at radius 1 is 1.11 bits per heavy atom. The predicted octanol–water partition coefficient (Wildman–Crippen LogP) is 3.80. The molecule has 0 bridgehead atoms. The first kappa shape index (κ1) is 18.0. The molecular weight excluding hydrogens is 354 g/mol. The zero-order chi connectivity index (χ0) is 19.5. The van der Waals surface area contributed by atoms with Gasteiger partial charge in [-0.1, -0.05) is 30.3 Å². The van der Waals surface area contributed by atoms with Crippen LogP contribution < -0.4 is 10.1 Å². The molecule has 2 heterocycles. The molecule has 4 rings (SSSR count). The van der Waals surface area contributed by atoms with E-state index < -0.39 is 0 Å². The number of carbonyl (C=O) groups is 1. The Labute approximate surface area is 162 Å². The number of fused-ring (bicyclic) bond motifs is 3. The molecule has 6 nitrogen and oxygen atoms in total. The fourth-order valence-electron chi connectivity index (χ4n) is 3.37. The lowest BCUT2D eigenvalue weighted by Gasteiger charge is -2.09. The average molecular weight is 375 g/mol. The number of H-pyrrole nitrogens is 1. The van der Waals surface area contributed by atoms with Gasteiger partial charge in [-0.05, 0) is 23.8 Å². The van der Waals surface area contributed by atoms with Crippen molar-refractivity contribution in [2.75, 3.05) is 14.2 Å². The molecule has 0 radical (unpaired) electrons. The lowest BCUT2D eigenvalue weighted by molar-refractivity contribution is 0.0953. The highest BCUT2D eigenvalue weighted by Gasteiger charge is 2.18. The molecule has 0 aliphatic heterocycles. The highest BCUT2D eigenvalue weighted by atomic mass is 16.5. The van der Waals surface area contributed by atoms with E-state index in [0.29, 0.717) is 12.3 Å². The Balaban J connectivity index is 1.80. The van der Waals surface area contributed by atoms with Gasteiger partial charge in [-0.15, -0.1) is 0 Å². The fraction of sp³-hybridized carbons (Fsp3) is 0.182. The van der Waals surface area contributed by atoms with Crippen molar-refractivity contribution >= 4 is 27.7 Å². The maximum Gasteiger partial charge on any atom is 0.270 e. The third-order valence-corrected chi connectivity index (χ3v) is 4.69. The van der Waals surface area contributed by atoms with Crippen molar-refractivity contribution in [1.29, 1.82) is 0 Å². The monoisotopic (exact) mass is 375 g/mol. The molecule has 0 saturated carbocycles. The summed E-state index contributed by atoms with van der Waals surface area (Å²) in [6, 6.07) is 15.9. The topological polar surface area (TPSA) is 76.2 Å². The van der Waals surface area contributed by atoms with Gasteiger partial charge in [0.2, 0.25) is 0 Å². The van der Waals surface area contributed by atoms with E-state index in [1.165, 1.54) is 0 Å². The molecule has 0 saturated heterocycles. The summed E-state index contributed by atoms with van der Waals surface area (Å²) in [4.78, 5) is 20.0. The number of methoxy groups -OCH3 is 1. The summed E-state index contributed by atoms with van der Waals surface area (Å²) in [7, 11) is 3.20. The molecule has 4 aromatic rings. The lowest BCUT2D eigenvalue weighted by atomic mass is 10.1. The van der Waals surface area contributed by atoms with E-state index >= 15 is 0 Å². The minimum atomic E-state index is -0.236. The van der Waals surface area contributed by atoms with Crippen molar-refractivity contribution in [3.05, 3.63) is 71.5 Å². The molecule has 0 aliphatic carbocycles. The van der Waals surface area contributed by atoms with Gasteiger partial charge >= 0.3 is 0 Å². The van der Waals surface area contributed by atoms with E-state index in [0.717, 1.165) is 38.7 Å². The first-order valence-electron chi connectivity index (χ1n) is 9.02. The molecule has 0 fully saturated rings. The number of hydrogen-bond donors (Lipinski definition) is 2. The number of pyridine rings is 1. The molecular formula is C22H21N3O3. The maximum atomic E-state index is 12.3. The summed E-state index contributed by atoms with van der Waals surface area (Å²) < 4.78 is 11.3. The minimum absolute atomic E-state index is 0.236. The lowest BCUT2D eigenvalue weighted by Crippen LogP contribution is -2.21. The van der Waals surface area contributed by atoms with Crippen molar-refractivity contribution in [1.82, 2.24) is 15.3 Å². The first-order valence-corrected chi connectivity index (χ1v) is 9.02. The molecule has 2 aromatic carbocycles. The number of ether oxygens (including phenoxy) is 2. The summed E-state index contributed by atoms with van der Waals surface area (Å²) in [5.41, 5.74) is 4.04. The standard InChI is InChI=1S/C22H21N3O3/c1-23-22(26)21-17(13-27-2)20-16-10-15(28-12-14-6-4-3-5-7-14)8-9-18(16)25-19(20)11-24-21/h3-11,25H,12-13H2,1-2H3,(H,23,26). The number of carbonyl (C=O) groups excluding carboxylic acids is 1. The van der Waals surface area contributed by atoms with Crippen molar-refractivity contribution < 1.29 is 14.3 Å². The Bertz CT molecular complexity index is 1140. The Hall–Kier alpha value is -3.38. The average Bonchev–Trinajstić information content (AvgIpc) is 3.11. The van der Waals surface area contributed by atoms with Crippen LogP contribution in [0.4, 0.5) is 0 Å². The fourth-order valence-corrected chi connectivity index (χ4v) is 3.37. The zero-order valence-electron chi connectivity index (χ0n) is 15.8. The van der Waals surface area contributed by atoms with Crippen LogP contribution in [0.3, 0.4) is 0 Å². The van der Waals surface area contributed by atoms with Gasteiger partial charge < -0.3 is 19.8 Å². The smallest absolute Gasteiger partial charge is 0.270 e. The number of hydrogen-bond acceptors (Lipinski definition) is 4. The Morgan fingerprint density at radius 3 is 2.68 bits per heavy atom. The Morgan fingerprint density at radius 2 is 1.93 bits per heavy atom. The molecule has 0 spiro atoms. The summed E-state index contributed by atoms with van der Waals surface area (Å²) in [6.45, 7) is 0.778. The van der Waals surface area contributed by atoms with Crippen molar-refractivity contribution in [3.8, 4) is 5.75 Å². The molecule has 1 amide bonds. The molecule has 2 aromatic heterocycles. The SMILES string of the molecule is CNC(=O)c1ncc2[nH]c3ccc(OCc4ccccc4)cc3c2c1COC. The quantitative estimate of drug-likeness (QED) is 0.537. The molecule has 0 atom stereocenters. The van der Waals surface area contributed by atoms with E-state index in [4.69, 9.17) is 9.47 Å². The summed E-state index contributed by atoms with van der Waals surface area (Å²) in [5, 5.41) is 4.54. The van der Waals surface area contributed by atoms with Crippen LogP contribution in [-0.2, 0) is 18.0 Å². The van der Waals surface area contributed by atoms with Crippen LogP contribution in [0.5, 0.6) is 5.75 Å². The second-order valence-corrected chi connectivity index (χ2v) is 6.49. The maximum absolute atomic E-state index is 12.3. The van der Waals surface area contributed by atoms with Crippen LogP contribution in [0, 0.1) is 0 Å². The molecule has 2 N–H and O–H groups in total. The first-order chi connectivity index (χ1) is 13.7. The molecule has 6 heteroatoms. The highest BCUT2D eigenvalue weighted by molar-refractivity contribution is 6.11. The van der Waals surface area contributed by atoms with Gasteiger partial charge in [-0.25, -0.2) is 4.98 Å². The third-order valence-electron chi connectivity index (χ3n) is 4.69. The number of nitrogens with one attached hydrogen (secondary N) is 2. The van der Waals surface area contributed by atoms with Crippen molar-refractivity contribution in [2.45, 2.75) is 13.2 Å². The van der Waals surface area contributed by atoms with Crippen LogP contribution in [0.1, 0.15) is 21.6 Å².